The molecule has 0 radical (unpaired) electrons. The van der Waals surface area contributed by atoms with E-state index < -0.39 is 10.0 Å². The van der Waals surface area contributed by atoms with E-state index in [0.29, 0.717) is 25.0 Å². The molecule has 18 heavy (non-hydrogen) atoms. The van der Waals surface area contributed by atoms with Crippen LogP contribution in [0.4, 0.5) is 0 Å². The van der Waals surface area contributed by atoms with Gasteiger partial charge in [-0.25, -0.2) is 12.7 Å². The molecule has 1 unspecified atom stereocenters. The van der Waals surface area contributed by atoms with Crippen LogP contribution in [0.3, 0.4) is 0 Å². The minimum absolute atomic E-state index is 0. The summed E-state index contributed by atoms with van der Waals surface area (Å²) in [7, 11) is -3.02. The second-order valence-electron chi connectivity index (χ2n) is 5.34. The van der Waals surface area contributed by atoms with Gasteiger partial charge in [-0.1, -0.05) is 13.8 Å². The van der Waals surface area contributed by atoms with Crippen molar-refractivity contribution < 1.29 is 8.42 Å². The monoisotopic (exact) mass is 299 g/mol. The van der Waals surface area contributed by atoms with E-state index in [0.717, 1.165) is 19.3 Å². The molecule has 0 bridgehead atoms. The zero-order valence-electron chi connectivity index (χ0n) is 11.4. The number of hydrogen-bond acceptors (Lipinski definition) is 4. The molecule has 3 N–H and O–H groups in total. The third-order valence-electron chi connectivity index (χ3n) is 3.10. The number of hydrogen-bond donors (Lipinski definition) is 2. The first kappa shape index (κ1) is 18.1. The summed E-state index contributed by atoms with van der Waals surface area (Å²) in [4.78, 5) is 0. The lowest BCUT2D eigenvalue weighted by Crippen LogP contribution is -2.50. The zero-order chi connectivity index (χ0) is 13.1. The highest BCUT2D eigenvalue weighted by Gasteiger charge is 2.25. The molecule has 0 aromatic carbocycles. The molecule has 1 fully saturated rings. The first-order valence-corrected chi connectivity index (χ1v) is 8.10. The van der Waals surface area contributed by atoms with Crippen LogP contribution in [0.25, 0.3) is 0 Å². The Bertz CT molecular complexity index is 327. The third-order valence-corrected chi connectivity index (χ3v) is 4.40. The van der Waals surface area contributed by atoms with Crippen LogP contribution in [0.15, 0.2) is 0 Å². The van der Waals surface area contributed by atoms with E-state index in [9.17, 15) is 8.42 Å². The molecule has 5 nitrogen and oxygen atoms in total. The van der Waals surface area contributed by atoms with E-state index in [1.54, 1.807) is 4.31 Å². The summed E-state index contributed by atoms with van der Waals surface area (Å²) >= 11 is 0. The van der Waals surface area contributed by atoms with Gasteiger partial charge in [0.25, 0.3) is 0 Å². The summed E-state index contributed by atoms with van der Waals surface area (Å²) in [5.74, 6) is 0.577. The number of nitrogens with zero attached hydrogens (tertiary/aromatic N) is 1. The second kappa shape index (κ2) is 7.65. The van der Waals surface area contributed by atoms with Crippen molar-refractivity contribution in [1.29, 1.82) is 0 Å². The molecule has 0 spiro atoms. The average molecular weight is 300 g/mol. The van der Waals surface area contributed by atoms with Crippen molar-refractivity contribution in [2.45, 2.75) is 45.3 Å². The number of piperidine rings is 1. The molecular formula is C11H26ClN3O2S. The average Bonchev–Trinajstić information content (AvgIpc) is 2.15. The Morgan fingerprint density at radius 1 is 1.33 bits per heavy atom. The first-order chi connectivity index (χ1) is 7.79. The summed E-state index contributed by atoms with van der Waals surface area (Å²) in [6, 6.07) is 0.349. The maximum absolute atomic E-state index is 11.3. The Kier molecular flexibility index (Phi) is 7.70. The van der Waals surface area contributed by atoms with E-state index >= 15 is 0 Å². The van der Waals surface area contributed by atoms with Gasteiger partial charge in [0.15, 0.2) is 0 Å². The van der Waals surface area contributed by atoms with Crippen molar-refractivity contribution in [3.05, 3.63) is 0 Å². The molecule has 1 saturated heterocycles. The molecule has 7 heteroatoms. The van der Waals surface area contributed by atoms with Crippen molar-refractivity contribution >= 4 is 22.4 Å². The number of sulfonamides is 1. The molecule has 0 saturated carbocycles. The minimum atomic E-state index is -3.02. The Hall–Kier alpha value is 0.120. The third kappa shape index (κ3) is 6.33. The van der Waals surface area contributed by atoms with Crippen molar-refractivity contribution in [3.8, 4) is 0 Å². The summed E-state index contributed by atoms with van der Waals surface area (Å²) in [6.45, 7) is 5.50. The van der Waals surface area contributed by atoms with Crippen LogP contribution in [-0.2, 0) is 10.0 Å². The molecule has 0 aliphatic carbocycles. The Balaban J connectivity index is 0.00000289. The molecule has 1 aliphatic rings. The van der Waals surface area contributed by atoms with E-state index in [-0.39, 0.29) is 18.6 Å². The predicted octanol–water partition coefficient (Wildman–Crippen LogP) is 0.753. The fraction of sp³-hybridized carbons (Fsp3) is 1.00. The Labute approximate surface area is 117 Å². The SMILES string of the molecule is CC(C)CC(N)NC1CCN(S(C)(=O)=O)CC1.Cl. The van der Waals surface area contributed by atoms with Crippen LogP contribution in [0, 0.1) is 5.92 Å². The molecule has 1 aliphatic heterocycles. The van der Waals surface area contributed by atoms with E-state index in [1.807, 2.05) is 0 Å². The Morgan fingerprint density at radius 2 is 1.83 bits per heavy atom. The highest BCUT2D eigenvalue weighted by molar-refractivity contribution is 7.88. The molecule has 0 aromatic heterocycles. The number of nitrogens with one attached hydrogen (secondary N) is 1. The lowest BCUT2D eigenvalue weighted by atomic mass is 10.0. The fourth-order valence-corrected chi connectivity index (χ4v) is 3.11. The predicted molar refractivity (Wildman–Crippen MR) is 77.3 cm³/mol. The lowest BCUT2D eigenvalue weighted by molar-refractivity contribution is 0.265. The van der Waals surface area contributed by atoms with Crippen LogP contribution < -0.4 is 11.1 Å². The first-order valence-electron chi connectivity index (χ1n) is 6.25. The van der Waals surface area contributed by atoms with Gasteiger partial charge < -0.3 is 5.73 Å². The fourth-order valence-electron chi connectivity index (χ4n) is 2.23. The van der Waals surface area contributed by atoms with Gasteiger partial charge in [0, 0.05) is 19.1 Å². The highest BCUT2D eigenvalue weighted by Crippen LogP contribution is 2.14. The number of rotatable bonds is 5. The minimum Gasteiger partial charge on any atom is -0.316 e. The quantitative estimate of drug-likeness (QED) is 0.735. The van der Waals surface area contributed by atoms with Crippen LogP contribution in [0.5, 0.6) is 0 Å². The second-order valence-corrected chi connectivity index (χ2v) is 7.32. The number of nitrogens with two attached hydrogens (primary N) is 1. The smallest absolute Gasteiger partial charge is 0.211 e. The van der Waals surface area contributed by atoms with Gasteiger partial charge in [0.05, 0.1) is 12.4 Å². The summed E-state index contributed by atoms with van der Waals surface area (Å²) in [5.41, 5.74) is 5.98. The van der Waals surface area contributed by atoms with Crippen molar-refractivity contribution in [2.75, 3.05) is 19.3 Å². The molecule has 0 aromatic rings. The van der Waals surface area contributed by atoms with Crippen molar-refractivity contribution in [2.24, 2.45) is 11.7 Å². The topological polar surface area (TPSA) is 75.4 Å². The zero-order valence-corrected chi connectivity index (χ0v) is 13.1. The standard InChI is InChI=1S/C11H25N3O2S.ClH/c1-9(2)8-11(12)13-10-4-6-14(7-5-10)17(3,15)16;/h9-11,13H,4-8,12H2,1-3H3;1H. The molecule has 110 valence electrons. The molecule has 1 atom stereocenters. The summed E-state index contributed by atoms with van der Waals surface area (Å²) < 4.78 is 24.2. The number of halogens is 1. The molecular weight excluding hydrogens is 274 g/mol. The van der Waals surface area contributed by atoms with E-state index in [1.165, 1.54) is 6.26 Å². The van der Waals surface area contributed by atoms with Gasteiger partial charge in [0.2, 0.25) is 10.0 Å². The van der Waals surface area contributed by atoms with E-state index in [4.69, 9.17) is 5.73 Å². The van der Waals surface area contributed by atoms with Crippen molar-refractivity contribution in [3.63, 3.8) is 0 Å². The summed E-state index contributed by atoms with van der Waals surface area (Å²) in [5, 5.41) is 3.38. The van der Waals surface area contributed by atoms with Gasteiger partial charge >= 0.3 is 0 Å². The maximum atomic E-state index is 11.3. The van der Waals surface area contributed by atoms with Gasteiger partial charge in [-0.05, 0) is 25.2 Å². The molecule has 0 amide bonds. The van der Waals surface area contributed by atoms with Gasteiger partial charge in [0.1, 0.15) is 0 Å². The van der Waals surface area contributed by atoms with Crippen molar-refractivity contribution in [1.82, 2.24) is 9.62 Å². The summed E-state index contributed by atoms with van der Waals surface area (Å²) in [6.07, 6.45) is 3.93. The maximum Gasteiger partial charge on any atom is 0.211 e. The van der Waals surface area contributed by atoms with Crippen LogP contribution in [-0.4, -0.2) is 44.3 Å². The van der Waals surface area contributed by atoms with Gasteiger partial charge in [-0.2, -0.15) is 0 Å². The normalized spacial score (nSPS) is 20.7. The molecule has 1 heterocycles. The van der Waals surface area contributed by atoms with E-state index in [2.05, 4.69) is 19.2 Å². The van der Waals surface area contributed by atoms with Gasteiger partial charge in [-0.3, -0.25) is 5.32 Å². The van der Waals surface area contributed by atoms with Crippen LogP contribution in [0.2, 0.25) is 0 Å². The van der Waals surface area contributed by atoms with Crippen LogP contribution in [0.1, 0.15) is 33.1 Å². The molecule has 1 rings (SSSR count). The van der Waals surface area contributed by atoms with Gasteiger partial charge in [-0.15, -0.1) is 12.4 Å². The Morgan fingerprint density at radius 3 is 2.22 bits per heavy atom. The highest BCUT2D eigenvalue weighted by atomic mass is 35.5. The lowest BCUT2D eigenvalue weighted by Gasteiger charge is -2.32. The largest absolute Gasteiger partial charge is 0.316 e. The van der Waals surface area contributed by atoms with Crippen LogP contribution >= 0.6 is 12.4 Å².